The Hall–Kier alpha value is -2.47. The third-order valence-corrected chi connectivity index (χ3v) is 5.58. The average Bonchev–Trinajstić information content (AvgIpc) is 3.31. The van der Waals surface area contributed by atoms with Crippen LogP contribution in [-0.2, 0) is 25.4 Å². The number of ether oxygens (including phenoxy) is 1. The fraction of sp³-hybridized carbons (Fsp3) is 0.600. The molecular formula is C15H21N7O4S. The zero-order valence-electron chi connectivity index (χ0n) is 15.3. The van der Waals surface area contributed by atoms with Gasteiger partial charge >= 0.3 is 5.69 Å². The molecule has 1 fully saturated rings. The molecule has 1 saturated heterocycles. The molecule has 0 aliphatic carbocycles. The van der Waals surface area contributed by atoms with Crippen molar-refractivity contribution in [1.82, 2.24) is 29.3 Å². The lowest BCUT2D eigenvalue weighted by Crippen LogP contribution is -2.42. The zero-order chi connectivity index (χ0) is 19.7. The van der Waals surface area contributed by atoms with Crippen LogP contribution in [0.1, 0.15) is 30.1 Å². The van der Waals surface area contributed by atoms with Crippen molar-refractivity contribution < 1.29 is 9.53 Å². The van der Waals surface area contributed by atoms with Crippen LogP contribution >= 0.6 is 11.8 Å². The number of hydrogen-bond donors (Lipinski definition) is 1. The fourth-order valence-electron chi connectivity index (χ4n) is 2.88. The van der Waals surface area contributed by atoms with E-state index < -0.39 is 22.3 Å². The summed E-state index contributed by atoms with van der Waals surface area (Å²) in [6.07, 6.45) is 1.98. The number of nitrogens with zero attached hydrogens (tertiary/aromatic N) is 6. The van der Waals surface area contributed by atoms with Gasteiger partial charge in [0, 0.05) is 20.7 Å². The van der Waals surface area contributed by atoms with Gasteiger partial charge in [-0.1, -0.05) is 11.8 Å². The molecule has 2 aromatic rings. The number of tetrazole rings is 1. The average molecular weight is 395 g/mol. The Morgan fingerprint density at radius 2 is 2.11 bits per heavy atom. The SMILES string of the molecule is CC(Sc1nnnn1CC1CCCO1)C(=O)c1c(N)n(C)c(=O)n(C)c1=O. The molecule has 11 nitrogen and oxygen atoms in total. The van der Waals surface area contributed by atoms with E-state index in [9.17, 15) is 14.4 Å². The molecule has 12 heteroatoms. The zero-order valence-corrected chi connectivity index (χ0v) is 16.1. The summed E-state index contributed by atoms with van der Waals surface area (Å²) in [6, 6.07) is 0. The van der Waals surface area contributed by atoms with E-state index in [-0.39, 0.29) is 17.5 Å². The first-order valence-electron chi connectivity index (χ1n) is 8.45. The van der Waals surface area contributed by atoms with E-state index in [1.807, 2.05) is 0 Å². The number of aromatic nitrogens is 6. The minimum absolute atomic E-state index is 0.0467. The number of Topliss-reactive ketones (excluding diaryl/α,β-unsaturated/α-hetero) is 1. The second kappa shape index (κ2) is 7.64. The highest BCUT2D eigenvalue weighted by atomic mass is 32.2. The molecule has 0 bridgehead atoms. The molecule has 2 aromatic heterocycles. The molecule has 1 aliphatic rings. The van der Waals surface area contributed by atoms with Gasteiger partial charge in [-0.05, 0) is 30.2 Å². The maximum atomic E-state index is 12.9. The summed E-state index contributed by atoms with van der Waals surface area (Å²) in [5.74, 6) is -0.639. The first-order chi connectivity index (χ1) is 12.8. The molecule has 2 atom stereocenters. The predicted octanol–water partition coefficient (Wildman–Crippen LogP) is -0.805. The van der Waals surface area contributed by atoms with Crippen LogP contribution in [0.4, 0.5) is 5.82 Å². The number of thioether (sulfide) groups is 1. The highest BCUT2D eigenvalue weighted by Gasteiger charge is 2.27. The van der Waals surface area contributed by atoms with Gasteiger partial charge in [0.05, 0.1) is 17.9 Å². The number of rotatable bonds is 6. The summed E-state index contributed by atoms with van der Waals surface area (Å²) in [6.45, 7) is 2.86. The first kappa shape index (κ1) is 19.3. The van der Waals surface area contributed by atoms with Gasteiger partial charge in [-0.25, -0.2) is 9.48 Å². The maximum absolute atomic E-state index is 12.9. The summed E-state index contributed by atoms with van der Waals surface area (Å²) >= 11 is 1.13. The summed E-state index contributed by atoms with van der Waals surface area (Å²) in [5.41, 5.74) is 4.35. The van der Waals surface area contributed by atoms with Crippen LogP contribution in [0.15, 0.2) is 14.7 Å². The molecule has 1 aliphatic heterocycles. The Kier molecular flexibility index (Phi) is 5.46. The standard InChI is InChI=1S/C15H21N7O4S/c1-8(11(23)10-12(16)20(2)15(25)21(3)13(10)24)27-14-17-18-19-22(14)7-9-5-4-6-26-9/h8-9H,4-7,16H2,1-3H3. The second-order valence-electron chi connectivity index (χ2n) is 6.37. The van der Waals surface area contributed by atoms with Crippen molar-refractivity contribution in [2.24, 2.45) is 14.1 Å². The Morgan fingerprint density at radius 3 is 2.78 bits per heavy atom. The van der Waals surface area contributed by atoms with Crippen molar-refractivity contribution in [2.75, 3.05) is 12.3 Å². The highest BCUT2D eigenvalue weighted by Crippen LogP contribution is 2.25. The largest absolute Gasteiger partial charge is 0.384 e. The summed E-state index contributed by atoms with van der Waals surface area (Å²) < 4.78 is 9.12. The molecule has 2 N–H and O–H groups in total. The maximum Gasteiger partial charge on any atom is 0.332 e. The fourth-order valence-corrected chi connectivity index (χ4v) is 3.74. The number of nitrogens with two attached hydrogens (primary N) is 1. The Balaban J connectivity index is 1.83. The predicted molar refractivity (Wildman–Crippen MR) is 97.8 cm³/mol. The third kappa shape index (κ3) is 3.67. The lowest BCUT2D eigenvalue weighted by atomic mass is 10.1. The van der Waals surface area contributed by atoms with Gasteiger partial charge < -0.3 is 10.5 Å². The molecule has 0 radical (unpaired) electrons. The van der Waals surface area contributed by atoms with E-state index in [2.05, 4.69) is 15.5 Å². The molecule has 0 saturated carbocycles. The number of carbonyl (C=O) groups excluding carboxylic acids is 1. The smallest absolute Gasteiger partial charge is 0.332 e. The summed E-state index contributed by atoms with van der Waals surface area (Å²) in [7, 11) is 2.72. The number of carbonyl (C=O) groups is 1. The molecular weight excluding hydrogens is 374 g/mol. The van der Waals surface area contributed by atoms with Crippen LogP contribution in [0.3, 0.4) is 0 Å². The highest BCUT2D eigenvalue weighted by molar-refractivity contribution is 8.00. The minimum Gasteiger partial charge on any atom is -0.384 e. The van der Waals surface area contributed by atoms with Crippen LogP contribution < -0.4 is 17.0 Å². The Labute approximate surface area is 158 Å². The third-order valence-electron chi connectivity index (χ3n) is 4.51. The van der Waals surface area contributed by atoms with Gasteiger partial charge in [0.25, 0.3) is 5.56 Å². The van der Waals surface area contributed by atoms with E-state index in [1.54, 1.807) is 11.6 Å². The van der Waals surface area contributed by atoms with Crippen LogP contribution in [0.25, 0.3) is 0 Å². The normalized spacial score (nSPS) is 18.0. The van der Waals surface area contributed by atoms with Crippen molar-refractivity contribution >= 4 is 23.4 Å². The molecule has 146 valence electrons. The minimum atomic E-state index is -0.716. The summed E-state index contributed by atoms with van der Waals surface area (Å²) in [4.78, 5) is 37.1. The summed E-state index contributed by atoms with van der Waals surface area (Å²) in [5, 5.41) is 11.3. The number of nitrogen functional groups attached to an aromatic ring is 1. The number of anilines is 1. The van der Waals surface area contributed by atoms with E-state index in [0.29, 0.717) is 11.7 Å². The van der Waals surface area contributed by atoms with Gasteiger partial charge in [-0.15, -0.1) is 5.10 Å². The lowest BCUT2D eigenvalue weighted by Gasteiger charge is -2.15. The van der Waals surface area contributed by atoms with Crippen molar-refractivity contribution in [1.29, 1.82) is 0 Å². The van der Waals surface area contributed by atoms with Crippen molar-refractivity contribution in [2.45, 2.75) is 42.8 Å². The van der Waals surface area contributed by atoms with Gasteiger partial charge in [-0.2, -0.15) is 0 Å². The van der Waals surface area contributed by atoms with Crippen molar-refractivity contribution in [3.8, 4) is 0 Å². The van der Waals surface area contributed by atoms with Crippen LogP contribution in [0.5, 0.6) is 0 Å². The van der Waals surface area contributed by atoms with Crippen molar-refractivity contribution in [3.63, 3.8) is 0 Å². The van der Waals surface area contributed by atoms with Gasteiger partial charge in [0.2, 0.25) is 5.16 Å². The molecule has 2 unspecified atom stereocenters. The first-order valence-corrected chi connectivity index (χ1v) is 9.33. The molecule has 0 spiro atoms. The second-order valence-corrected chi connectivity index (χ2v) is 7.68. The molecule has 3 heterocycles. The Bertz CT molecular complexity index is 974. The number of ketones is 1. The van der Waals surface area contributed by atoms with Gasteiger partial charge in [0.15, 0.2) is 5.78 Å². The Morgan fingerprint density at radius 1 is 1.37 bits per heavy atom. The molecule has 0 aromatic carbocycles. The quantitative estimate of drug-likeness (QED) is 0.491. The van der Waals surface area contributed by atoms with Crippen LogP contribution in [0.2, 0.25) is 0 Å². The molecule has 27 heavy (non-hydrogen) atoms. The lowest BCUT2D eigenvalue weighted by molar-refractivity contribution is 0.0911. The molecule has 3 rings (SSSR count). The van der Waals surface area contributed by atoms with E-state index in [0.717, 1.165) is 40.3 Å². The molecule has 0 amide bonds. The van der Waals surface area contributed by atoms with Crippen LogP contribution in [-0.4, -0.2) is 53.1 Å². The van der Waals surface area contributed by atoms with Crippen molar-refractivity contribution in [3.05, 3.63) is 26.4 Å². The topological polar surface area (TPSA) is 140 Å². The number of hydrogen-bond acceptors (Lipinski definition) is 9. The van der Waals surface area contributed by atoms with E-state index in [4.69, 9.17) is 10.5 Å². The van der Waals surface area contributed by atoms with E-state index in [1.165, 1.54) is 14.1 Å². The monoisotopic (exact) mass is 395 g/mol. The van der Waals surface area contributed by atoms with E-state index >= 15 is 0 Å². The van der Waals surface area contributed by atoms with Crippen LogP contribution in [0, 0.1) is 0 Å². The van der Waals surface area contributed by atoms with Gasteiger partial charge in [-0.3, -0.25) is 18.7 Å². The van der Waals surface area contributed by atoms with Gasteiger partial charge in [0.1, 0.15) is 11.4 Å².